The molecule has 114 valence electrons. The lowest BCUT2D eigenvalue weighted by Gasteiger charge is -2.22. The fourth-order valence-corrected chi connectivity index (χ4v) is 3.13. The van der Waals surface area contributed by atoms with Gasteiger partial charge in [-0.05, 0) is 31.5 Å². The summed E-state index contributed by atoms with van der Waals surface area (Å²) in [5.41, 5.74) is 0.980. The molecule has 1 aromatic carbocycles. The van der Waals surface area contributed by atoms with E-state index >= 15 is 0 Å². The van der Waals surface area contributed by atoms with Gasteiger partial charge in [-0.2, -0.15) is 0 Å². The quantitative estimate of drug-likeness (QED) is 0.855. The molecule has 0 N–H and O–H groups in total. The standard InChI is InChI=1S/C16H20O5/c1-16(2)20-14-12(8-13(17)15(14)21-16)9-5-10(18-3)7-11(6-9)19-4/h5-7,12,14-15H,8H2,1-4H3/t12-,14-,15+/m1/s1. The Kier molecular flexibility index (Phi) is 3.42. The molecule has 3 atom stereocenters. The van der Waals surface area contributed by atoms with Gasteiger partial charge in [-0.15, -0.1) is 0 Å². The molecule has 2 fully saturated rings. The van der Waals surface area contributed by atoms with Crippen molar-refractivity contribution in [3.63, 3.8) is 0 Å². The van der Waals surface area contributed by atoms with Gasteiger partial charge in [0.1, 0.15) is 23.7 Å². The van der Waals surface area contributed by atoms with E-state index in [-0.39, 0.29) is 17.8 Å². The number of Topliss-reactive ketones (excluding diaryl/α,β-unsaturated/α-hetero) is 1. The van der Waals surface area contributed by atoms with Crippen molar-refractivity contribution in [1.29, 1.82) is 0 Å². The highest BCUT2D eigenvalue weighted by molar-refractivity contribution is 5.88. The largest absolute Gasteiger partial charge is 0.497 e. The number of hydrogen-bond donors (Lipinski definition) is 0. The summed E-state index contributed by atoms with van der Waals surface area (Å²) in [5, 5.41) is 0. The van der Waals surface area contributed by atoms with Crippen molar-refractivity contribution in [2.75, 3.05) is 14.2 Å². The fraction of sp³-hybridized carbons (Fsp3) is 0.562. The molecular weight excluding hydrogens is 272 g/mol. The summed E-state index contributed by atoms with van der Waals surface area (Å²) in [5.74, 6) is 0.759. The number of hydrogen-bond acceptors (Lipinski definition) is 5. The molecule has 1 heterocycles. The van der Waals surface area contributed by atoms with Gasteiger partial charge in [-0.3, -0.25) is 4.79 Å². The second-order valence-corrected chi connectivity index (χ2v) is 5.94. The molecule has 21 heavy (non-hydrogen) atoms. The minimum atomic E-state index is -0.716. The van der Waals surface area contributed by atoms with Crippen molar-refractivity contribution >= 4 is 5.78 Å². The first-order valence-corrected chi connectivity index (χ1v) is 7.05. The van der Waals surface area contributed by atoms with Gasteiger partial charge in [0.25, 0.3) is 0 Å². The molecule has 5 nitrogen and oxygen atoms in total. The van der Waals surface area contributed by atoms with Crippen LogP contribution in [-0.4, -0.2) is 38.0 Å². The van der Waals surface area contributed by atoms with E-state index in [2.05, 4.69) is 0 Å². The average molecular weight is 292 g/mol. The number of ether oxygens (including phenoxy) is 4. The lowest BCUT2D eigenvalue weighted by atomic mass is 9.95. The fourth-order valence-electron chi connectivity index (χ4n) is 3.13. The van der Waals surface area contributed by atoms with Crippen LogP contribution in [0.25, 0.3) is 0 Å². The number of carbonyl (C=O) groups is 1. The Morgan fingerprint density at radius 2 is 1.71 bits per heavy atom. The molecule has 1 aromatic rings. The van der Waals surface area contributed by atoms with Crippen molar-refractivity contribution in [3.05, 3.63) is 23.8 Å². The van der Waals surface area contributed by atoms with Crippen LogP contribution >= 0.6 is 0 Å². The zero-order chi connectivity index (χ0) is 15.2. The predicted octanol–water partition coefficient (Wildman–Crippen LogP) is 2.28. The molecule has 1 saturated heterocycles. The first-order valence-electron chi connectivity index (χ1n) is 7.05. The van der Waals surface area contributed by atoms with Crippen molar-refractivity contribution in [2.45, 2.75) is 44.2 Å². The molecule has 0 radical (unpaired) electrons. The summed E-state index contributed by atoms with van der Waals surface area (Å²) >= 11 is 0. The molecular formula is C16H20O5. The average Bonchev–Trinajstić information content (AvgIpc) is 2.93. The highest BCUT2D eigenvalue weighted by atomic mass is 16.8. The topological polar surface area (TPSA) is 54.0 Å². The third-order valence-corrected chi connectivity index (χ3v) is 4.07. The van der Waals surface area contributed by atoms with Crippen LogP contribution in [0.4, 0.5) is 0 Å². The highest BCUT2D eigenvalue weighted by Gasteiger charge is 2.54. The molecule has 0 unspecified atom stereocenters. The number of methoxy groups -OCH3 is 2. The molecule has 5 heteroatoms. The third kappa shape index (κ3) is 2.51. The summed E-state index contributed by atoms with van der Waals surface area (Å²) in [6.45, 7) is 3.67. The lowest BCUT2D eigenvalue weighted by Crippen LogP contribution is -2.25. The normalized spacial score (nSPS) is 30.3. The van der Waals surface area contributed by atoms with Gasteiger partial charge >= 0.3 is 0 Å². The maximum atomic E-state index is 12.2. The van der Waals surface area contributed by atoms with E-state index < -0.39 is 11.9 Å². The van der Waals surface area contributed by atoms with Gasteiger partial charge in [0.15, 0.2) is 11.6 Å². The van der Waals surface area contributed by atoms with Crippen molar-refractivity contribution in [1.82, 2.24) is 0 Å². The number of benzene rings is 1. The Hall–Kier alpha value is -1.59. The van der Waals surface area contributed by atoms with Crippen LogP contribution in [0, 0.1) is 0 Å². The number of ketones is 1. The summed E-state index contributed by atoms with van der Waals surface area (Å²) in [6.07, 6.45) is -0.298. The maximum Gasteiger partial charge on any atom is 0.165 e. The van der Waals surface area contributed by atoms with E-state index in [4.69, 9.17) is 18.9 Å². The minimum Gasteiger partial charge on any atom is -0.497 e. The van der Waals surface area contributed by atoms with Gasteiger partial charge in [-0.25, -0.2) is 0 Å². The summed E-state index contributed by atoms with van der Waals surface area (Å²) in [6, 6.07) is 5.67. The van der Waals surface area contributed by atoms with Crippen LogP contribution < -0.4 is 9.47 Å². The van der Waals surface area contributed by atoms with Crippen LogP contribution in [0.15, 0.2) is 18.2 Å². The minimum absolute atomic E-state index is 0.0340. The van der Waals surface area contributed by atoms with Crippen LogP contribution in [0.2, 0.25) is 0 Å². The smallest absolute Gasteiger partial charge is 0.165 e. The van der Waals surface area contributed by atoms with E-state index in [1.54, 1.807) is 14.2 Å². The van der Waals surface area contributed by atoms with Crippen molar-refractivity contribution in [2.24, 2.45) is 0 Å². The molecule has 0 bridgehead atoms. The van der Waals surface area contributed by atoms with Crippen LogP contribution in [0.5, 0.6) is 11.5 Å². The van der Waals surface area contributed by atoms with E-state index in [0.717, 1.165) is 5.56 Å². The SMILES string of the molecule is COc1cc(OC)cc([C@H]2CC(=O)[C@@H]3OC(C)(C)O[C@H]23)c1. The Labute approximate surface area is 124 Å². The molecule has 2 aliphatic rings. The molecule has 0 amide bonds. The Bertz CT molecular complexity index is 544. The van der Waals surface area contributed by atoms with Gasteiger partial charge in [0, 0.05) is 18.4 Å². The number of fused-ring (bicyclic) bond motifs is 1. The number of rotatable bonds is 3. The van der Waals surface area contributed by atoms with Crippen LogP contribution in [-0.2, 0) is 14.3 Å². The highest BCUT2D eigenvalue weighted by Crippen LogP contribution is 2.45. The zero-order valence-electron chi connectivity index (χ0n) is 12.7. The lowest BCUT2D eigenvalue weighted by molar-refractivity contribution is -0.160. The third-order valence-electron chi connectivity index (χ3n) is 4.07. The van der Waals surface area contributed by atoms with Crippen molar-refractivity contribution < 1.29 is 23.7 Å². The van der Waals surface area contributed by atoms with Crippen LogP contribution in [0.1, 0.15) is 31.7 Å². The van der Waals surface area contributed by atoms with E-state index in [1.807, 2.05) is 32.0 Å². The second kappa shape index (κ2) is 5.00. The Balaban J connectivity index is 1.95. The molecule has 1 aliphatic carbocycles. The Morgan fingerprint density at radius 3 is 2.29 bits per heavy atom. The van der Waals surface area contributed by atoms with Gasteiger partial charge in [0.05, 0.1) is 14.2 Å². The van der Waals surface area contributed by atoms with E-state index in [0.29, 0.717) is 17.9 Å². The molecule has 0 aromatic heterocycles. The molecule has 1 saturated carbocycles. The van der Waals surface area contributed by atoms with E-state index in [1.165, 1.54) is 0 Å². The first-order chi connectivity index (χ1) is 9.93. The van der Waals surface area contributed by atoms with Gasteiger partial charge in [-0.1, -0.05) is 0 Å². The van der Waals surface area contributed by atoms with Gasteiger partial charge < -0.3 is 18.9 Å². The van der Waals surface area contributed by atoms with E-state index in [9.17, 15) is 4.79 Å². The zero-order valence-corrected chi connectivity index (χ0v) is 12.7. The molecule has 1 aliphatic heterocycles. The first kappa shape index (κ1) is 14.4. The van der Waals surface area contributed by atoms with Crippen LogP contribution in [0.3, 0.4) is 0 Å². The van der Waals surface area contributed by atoms with Gasteiger partial charge in [0.2, 0.25) is 0 Å². The molecule has 0 spiro atoms. The predicted molar refractivity (Wildman–Crippen MR) is 75.7 cm³/mol. The second-order valence-electron chi connectivity index (χ2n) is 5.94. The summed E-state index contributed by atoms with van der Waals surface area (Å²) in [4.78, 5) is 12.2. The maximum absolute atomic E-state index is 12.2. The Morgan fingerprint density at radius 1 is 1.10 bits per heavy atom. The number of carbonyl (C=O) groups excluding carboxylic acids is 1. The summed E-state index contributed by atoms with van der Waals surface area (Å²) in [7, 11) is 3.22. The monoisotopic (exact) mass is 292 g/mol. The van der Waals surface area contributed by atoms with Crippen molar-refractivity contribution in [3.8, 4) is 11.5 Å². The summed E-state index contributed by atoms with van der Waals surface area (Å²) < 4.78 is 22.2. The molecule has 3 rings (SSSR count).